The Bertz CT molecular complexity index is 1310. The number of carbonyl (C=O) groups excluding carboxylic acids is 3. The van der Waals surface area contributed by atoms with Crippen LogP contribution >= 0.6 is 23.4 Å². The van der Waals surface area contributed by atoms with Crippen LogP contribution in [0.4, 0.5) is 17.1 Å². The maximum absolute atomic E-state index is 13.1. The minimum absolute atomic E-state index is 0.0355. The first-order chi connectivity index (χ1) is 16.4. The molecule has 0 bridgehead atoms. The number of anilines is 3. The van der Waals surface area contributed by atoms with Crippen molar-refractivity contribution in [1.29, 1.82) is 0 Å². The van der Waals surface area contributed by atoms with Gasteiger partial charge in [0.1, 0.15) is 0 Å². The molecular formula is C26H22ClN3O3S. The van der Waals surface area contributed by atoms with E-state index in [4.69, 9.17) is 11.6 Å². The molecule has 3 aromatic rings. The highest BCUT2D eigenvalue weighted by molar-refractivity contribution is 7.99. The molecule has 0 saturated carbocycles. The normalized spacial score (nSPS) is 17.3. The van der Waals surface area contributed by atoms with E-state index in [1.54, 1.807) is 34.1 Å². The second kappa shape index (κ2) is 9.16. The van der Waals surface area contributed by atoms with Gasteiger partial charge < -0.3 is 15.1 Å². The summed E-state index contributed by atoms with van der Waals surface area (Å²) in [6.07, 6.45) is 0.142. The van der Waals surface area contributed by atoms with Crippen LogP contribution in [0.2, 0.25) is 5.02 Å². The van der Waals surface area contributed by atoms with Gasteiger partial charge in [-0.05, 0) is 55.5 Å². The van der Waals surface area contributed by atoms with Gasteiger partial charge in [0.05, 0.1) is 17.2 Å². The Labute approximate surface area is 206 Å². The fraction of sp³-hybridized carbons (Fsp3) is 0.192. The first kappa shape index (κ1) is 22.5. The third-order valence-electron chi connectivity index (χ3n) is 6.03. The van der Waals surface area contributed by atoms with Crippen molar-refractivity contribution in [3.63, 3.8) is 0 Å². The number of benzene rings is 3. The summed E-state index contributed by atoms with van der Waals surface area (Å²) in [5, 5.41) is 3.51. The highest BCUT2D eigenvalue weighted by Crippen LogP contribution is 2.42. The number of hydrogen-bond donors (Lipinski definition) is 1. The minimum atomic E-state index is -0.465. The molecule has 2 aliphatic rings. The van der Waals surface area contributed by atoms with Gasteiger partial charge in [-0.3, -0.25) is 14.4 Å². The number of fused-ring (bicyclic) bond motifs is 2. The monoisotopic (exact) mass is 491 g/mol. The van der Waals surface area contributed by atoms with Crippen molar-refractivity contribution in [3.8, 4) is 0 Å². The molecule has 34 heavy (non-hydrogen) atoms. The summed E-state index contributed by atoms with van der Waals surface area (Å²) in [5.41, 5.74) is 2.81. The number of amides is 3. The summed E-state index contributed by atoms with van der Waals surface area (Å²) < 4.78 is 0. The molecule has 6 nitrogen and oxygen atoms in total. The summed E-state index contributed by atoms with van der Waals surface area (Å²) in [6, 6.07) is 20.2. The van der Waals surface area contributed by atoms with Crippen molar-refractivity contribution in [3.05, 3.63) is 77.3 Å². The Kier molecular flexibility index (Phi) is 6.06. The van der Waals surface area contributed by atoms with Crippen LogP contribution < -0.4 is 15.1 Å². The van der Waals surface area contributed by atoms with Gasteiger partial charge in [-0.15, -0.1) is 0 Å². The van der Waals surface area contributed by atoms with Crippen molar-refractivity contribution >= 4 is 58.1 Å². The summed E-state index contributed by atoms with van der Waals surface area (Å²) in [6.45, 7) is 2.78. The van der Waals surface area contributed by atoms with Crippen molar-refractivity contribution in [2.45, 2.75) is 23.1 Å². The molecule has 5 rings (SSSR count). The Morgan fingerprint density at radius 2 is 1.88 bits per heavy atom. The van der Waals surface area contributed by atoms with Crippen LogP contribution in [0.15, 0.2) is 76.5 Å². The molecular weight excluding hydrogens is 470 g/mol. The molecule has 8 heteroatoms. The highest BCUT2D eigenvalue weighted by Gasteiger charge is 2.35. The zero-order valence-electron chi connectivity index (χ0n) is 18.5. The summed E-state index contributed by atoms with van der Waals surface area (Å²) >= 11 is 7.57. The van der Waals surface area contributed by atoms with Gasteiger partial charge in [-0.1, -0.05) is 41.6 Å². The lowest BCUT2D eigenvalue weighted by Crippen LogP contribution is -2.30. The molecule has 0 aromatic heterocycles. The zero-order chi connectivity index (χ0) is 23.8. The highest BCUT2D eigenvalue weighted by atomic mass is 35.5. The molecule has 3 aromatic carbocycles. The first-order valence-electron chi connectivity index (χ1n) is 11.0. The SMILES string of the molecule is CCN1C(=O)c2ccccc2Sc2cc(NC(=O)[C@H]3CC(=O)N(c4cccc(Cl)c4)C3)ccc21. The minimum Gasteiger partial charge on any atom is -0.326 e. The lowest BCUT2D eigenvalue weighted by atomic mass is 10.1. The van der Waals surface area contributed by atoms with Crippen molar-refractivity contribution in [1.82, 2.24) is 0 Å². The number of carbonyl (C=O) groups is 3. The quantitative estimate of drug-likeness (QED) is 0.526. The zero-order valence-corrected chi connectivity index (χ0v) is 20.0. The second-order valence-electron chi connectivity index (χ2n) is 8.20. The van der Waals surface area contributed by atoms with Gasteiger partial charge in [0.2, 0.25) is 11.8 Å². The molecule has 2 heterocycles. The van der Waals surface area contributed by atoms with Gasteiger partial charge in [0.15, 0.2) is 0 Å². The largest absolute Gasteiger partial charge is 0.326 e. The Morgan fingerprint density at radius 3 is 2.68 bits per heavy atom. The van der Waals surface area contributed by atoms with E-state index in [0.717, 1.165) is 15.5 Å². The van der Waals surface area contributed by atoms with Crippen molar-refractivity contribution in [2.24, 2.45) is 5.92 Å². The van der Waals surface area contributed by atoms with E-state index in [9.17, 15) is 14.4 Å². The second-order valence-corrected chi connectivity index (χ2v) is 9.72. The number of nitrogens with one attached hydrogen (secondary N) is 1. The molecule has 0 radical (unpaired) electrons. The predicted molar refractivity (Wildman–Crippen MR) is 135 cm³/mol. The summed E-state index contributed by atoms with van der Waals surface area (Å²) in [5.74, 6) is -0.812. The first-order valence-corrected chi connectivity index (χ1v) is 12.2. The van der Waals surface area contributed by atoms with E-state index in [2.05, 4.69) is 5.32 Å². The van der Waals surface area contributed by atoms with Crippen LogP contribution in [0, 0.1) is 5.92 Å². The molecule has 0 aliphatic carbocycles. The summed E-state index contributed by atoms with van der Waals surface area (Å²) in [7, 11) is 0. The summed E-state index contributed by atoms with van der Waals surface area (Å²) in [4.78, 5) is 43.8. The van der Waals surface area contributed by atoms with Crippen LogP contribution in [0.3, 0.4) is 0 Å². The molecule has 0 unspecified atom stereocenters. The number of hydrogen-bond acceptors (Lipinski definition) is 4. The fourth-order valence-electron chi connectivity index (χ4n) is 4.34. The van der Waals surface area contributed by atoms with Crippen LogP contribution in [0.25, 0.3) is 0 Å². The maximum atomic E-state index is 13.1. The van der Waals surface area contributed by atoms with E-state index in [0.29, 0.717) is 35.1 Å². The van der Waals surface area contributed by atoms with E-state index in [1.165, 1.54) is 11.8 Å². The van der Waals surface area contributed by atoms with E-state index in [1.807, 2.05) is 49.4 Å². The van der Waals surface area contributed by atoms with Crippen LogP contribution in [0.1, 0.15) is 23.7 Å². The van der Waals surface area contributed by atoms with Crippen LogP contribution in [-0.2, 0) is 9.59 Å². The van der Waals surface area contributed by atoms with E-state index < -0.39 is 5.92 Å². The standard InChI is InChI=1S/C26H22ClN3O3S/c1-2-29-21-11-10-18(14-23(21)34-22-9-4-3-8-20(22)26(29)33)28-25(32)16-12-24(31)30(15-16)19-7-5-6-17(27)13-19/h3-11,13-14,16H,2,12,15H2,1H3,(H,28,32)/t16-/m0/s1. The fourth-order valence-corrected chi connectivity index (χ4v) is 5.64. The molecule has 1 atom stereocenters. The van der Waals surface area contributed by atoms with Gasteiger partial charge in [-0.2, -0.15) is 0 Å². The van der Waals surface area contributed by atoms with Crippen LogP contribution in [0.5, 0.6) is 0 Å². The Balaban J connectivity index is 1.36. The average Bonchev–Trinajstić information content (AvgIpc) is 3.17. The third kappa shape index (κ3) is 4.17. The maximum Gasteiger partial charge on any atom is 0.259 e. The van der Waals surface area contributed by atoms with Gasteiger partial charge in [-0.25, -0.2) is 0 Å². The average molecular weight is 492 g/mol. The van der Waals surface area contributed by atoms with Crippen LogP contribution in [-0.4, -0.2) is 30.8 Å². The third-order valence-corrected chi connectivity index (χ3v) is 7.39. The molecule has 2 aliphatic heterocycles. The smallest absolute Gasteiger partial charge is 0.259 e. The molecule has 1 fully saturated rings. The molecule has 0 spiro atoms. The number of nitrogens with zero attached hydrogens (tertiary/aromatic N) is 2. The predicted octanol–water partition coefficient (Wildman–Crippen LogP) is 5.46. The number of rotatable bonds is 4. The van der Waals surface area contributed by atoms with Gasteiger partial charge in [0.25, 0.3) is 5.91 Å². The van der Waals surface area contributed by atoms with Gasteiger partial charge in [0, 0.05) is 45.7 Å². The topological polar surface area (TPSA) is 69.7 Å². The number of halogens is 1. The molecule has 172 valence electrons. The lowest BCUT2D eigenvalue weighted by molar-refractivity contribution is -0.122. The van der Waals surface area contributed by atoms with E-state index in [-0.39, 0.29) is 24.1 Å². The van der Waals surface area contributed by atoms with E-state index >= 15 is 0 Å². The van der Waals surface area contributed by atoms with Gasteiger partial charge >= 0.3 is 0 Å². The molecule has 3 amide bonds. The Morgan fingerprint density at radius 1 is 1.06 bits per heavy atom. The lowest BCUT2D eigenvalue weighted by Gasteiger charge is -2.21. The molecule has 1 saturated heterocycles. The molecule has 1 N–H and O–H groups in total. The van der Waals surface area contributed by atoms with Crippen molar-refractivity contribution in [2.75, 3.05) is 28.2 Å². The Hall–Kier alpha value is -3.29. The van der Waals surface area contributed by atoms with Crippen molar-refractivity contribution < 1.29 is 14.4 Å².